The van der Waals surface area contributed by atoms with Crippen LogP contribution in [0.25, 0.3) is 0 Å². The zero-order chi connectivity index (χ0) is 12.3. The summed E-state index contributed by atoms with van der Waals surface area (Å²) >= 11 is 0. The second-order valence-corrected chi connectivity index (χ2v) is 3.89. The average Bonchev–Trinajstić information content (AvgIpc) is 2.82. The number of nitrogens with one attached hydrogen (secondary N) is 2. The van der Waals surface area contributed by atoms with Gasteiger partial charge in [-0.1, -0.05) is 0 Å². The third-order valence-corrected chi connectivity index (χ3v) is 2.46. The molecule has 0 aliphatic rings. The van der Waals surface area contributed by atoms with Gasteiger partial charge in [-0.3, -0.25) is 4.79 Å². The number of nitrogens with zero attached hydrogens (tertiary/aromatic N) is 2. The monoisotopic (exact) mass is 230 g/mol. The normalized spacial score (nSPS) is 10.2. The highest BCUT2D eigenvalue weighted by molar-refractivity contribution is 5.95. The number of rotatable bonds is 3. The number of aromatic nitrogens is 3. The van der Waals surface area contributed by atoms with Gasteiger partial charge in [0.05, 0.1) is 17.0 Å². The molecule has 17 heavy (non-hydrogen) atoms. The first-order valence-electron chi connectivity index (χ1n) is 5.37. The van der Waals surface area contributed by atoms with Gasteiger partial charge >= 0.3 is 0 Å². The lowest BCUT2D eigenvalue weighted by atomic mass is 10.2. The molecule has 2 rings (SSSR count). The molecule has 5 nitrogen and oxygen atoms in total. The van der Waals surface area contributed by atoms with Gasteiger partial charge in [-0.15, -0.1) is 0 Å². The van der Waals surface area contributed by atoms with Crippen LogP contribution < -0.4 is 5.32 Å². The zero-order valence-corrected chi connectivity index (χ0v) is 9.82. The number of H-pyrrole nitrogens is 1. The number of amides is 1. The van der Waals surface area contributed by atoms with Crippen molar-refractivity contribution in [1.82, 2.24) is 20.5 Å². The number of hydrogen-bond acceptors (Lipinski definition) is 3. The third-order valence-electron chi connectivity index (χ3n) is 2.46. The van der Waals surface area contributed by atoms with E-state index in [-0.39, 0.29) is 5.91 Å². The summed E-state index contributed by atoms with van der Waals surface area (Å²) in [6, 6.07) is 3.66. The van der Waals surface area contributed by atoms with Crippen LogP contribution in [0.3, 0.4) is 0 Å². The fraction of sp³-hybridized carbons (Fsp3) is 0.250. The number of carbonyl (C=O) groups is 1. The summed E-state index contributed by atoms with van der Waals surface area (Å²) in [7, 11) is 0. The topological polar surface area (TPSA) is 70.7 Å². The van der Waals surface area contributed by atoms with E-state index in [2.05, 4.69) is 20.5 Å². The number of aromatic amines is 1. The quantitative estimate of drug-likeness (QED) is 0.836. The van der Waals surface area contributed by atoms with Gasteiger partial charge < -0.3 is 10.3 Å². The summed E-state index contributed by atoms with van der Waals surface area (Å²) in [4.78, 5) is 14.9. The summed E-state index contributed by atoms with van der Waals surface area (Å²) in [6.45, 7) is 4.09. The Balaban J connectivity index is 2.07. The van der Waals surface area contributed by atoms with E-state index in [1.807, 2.05) is 25.4 Å². The minimum atomic E-state index is -0.123. The highest BCUT2D eigenvalue weighted by Gasteiger charge is 2.10. The second-order valence-electron chi connectivity index (χ2n) is 3.89. The Hall–Kier alpha value is -2.17. The van der Waals surface area contributed by atoms with E-state index in [0.29, 0.717) is 17.8 Å². The Morgan fingerprint density at radius 3 is 2.94 bits per heavy atom. The Labute approximate surface area is 99.3 Å². The van der Waals surface area contributed by atoms with Crippen molar-refractivity contribution in [3.05, 3.63) is 47.0 Å². The molecule has 0 aromatic carbocycles. The maximum atomic E-state index is 11.9. The van der Waals surface area contributed by atoms with Crippen LogP contribution >= 0.6 is 0 Å². The van der Waals surface area contributed by atoms with Crippen molar-refractivity contribution in [2.24, 2.45) is 0 Å². The molecule has 5 heteroatoms. The van der Waals surface area contributed by atoms with E-state index in [1.165, 1.54) is 0 Å². The lowest BCUT2D eigenvalue weighted by molar-refractivity contribution is 0.0949. The lowest BCUT2D eigenvalue weighted by Gasteiger charge is -2.06. The molecule has 0 spiro atoms. The molecule has 0 aliphatic heterocycles. The fourth-order valence-electron chi connectivity index (χ4n) is 1.53. The molecule has 0 radical (unpaired) electrons. The van der Waals surface area contributed by atoms with E-state index >= 15 is 0 Å². The molecule has 2 N–H and O–H groups in total. The Morgan fingerprint density at radius 1 is 1.41 bits per heavy atom. The van der Waals surface area contributed by atoms with Crippen molar-refractivity contribution >= 4 is 5.91 Å². The highest BCUT2D eigenvalue weighted by atomic mass is 16.1. The molecular formula is C12H14N4O. The van der Waals surface area contributed by atoms with Gasteiger partial charge in [0.25, 0.3) is 5.91 Å². The molecule has 2 aromatic rings. The van der Waals surface area contributed by atoms with Crippen molar-refractivity contribution in [3.63, 3.8) is 0 Å². The second kappa shape index (κ2) is 4.78. The maximum absolute atomic E-state index is 11.9. The summed E-state index contributed by atoms with van der Waals surface area (Å²) in [5.41, 5.74) is 2.99. The molecule has 2 aromatic heterocycles. The molecular weight excluding hydrogens is 216 g/mol. The standard InChI is InChI=1S/C12H14N4O/c1-8-5-11(9(2)16-15-8)12(17)14-7-10-3-4-13-6-10/h3-6,13H,7H2,1-2H3,(H,14,17). The summed E-state index contributed by atoms with van der Waals surface area (Å²) < 4.78 is 0. The number of aryl methyl sites for hydroxylation is 2. The van der Waals surface area contributed by atoms with Gasteiger partial charge in [-0.25, -0.2) is 0 Å². The average molecular weight is 230 g/mol. The molecule has 0 fully saturated rings. The highest BCUT2D eigenvalue weighted by Crippen LogP contribution is 2.05. The largest absolute Gasteiger partial charge is 0.367 e. The van der Waals surface area contributed by atoms with Crippen LogP contribution in [0.5, 0.6) is 0 Å². The third kappa shape index (κ3) is 2.69. The first kappa shape index (κ1) is 11.3. The van der Waals surface area contributed by atoms with E-state index in [9.17, 15) is 4.79 Å². The minimum Gasteiger partial charge on any atom is -0.367 e. The minimum absolute atomic E-state index is 0.123. The molecule has 0 bridgehead atoms. The summed E-state index contributed by atoms with van der Waals surface area (Å²) in [6.07, 6.45) is 3.67. The molecule has 0 unspecified atom stereocenters. The van der Waals surface area contributed by atoms with Gasteiger partial charge in [0.15, 0.2) is 0 Å². The van der Waals surface area contributed by atoms with Crippen molar-refractivity contribution in [3.8, 4) is 0 Å². The van der Waals surface area contributed by atoms with Gasteiger partial charge in [0.1, 0.15) is 0 Å². The maximum Gasteiger partial charge on any atom is 0.253 e. The van der Waals surface area contributed by atoms with Crippen molar-refractivity contribution in [1.29, 1.82) is 0 Å². The number of carbonyl (C=O) groups excluding carboxylic acids is 1. The summed E-state index contributed by atoms with van der Waals surface area (Å²) in [5.74, 6) is -0.123. The lowest BCUT2D eigenvalue weighted by Crippen LogP contribution is -2.24. The molecule has 0 atom stereocenters. The van der Waals surface area contributed by atoms with Crippen molar-refractivity contribution < 1.29 is 4.79 Å². The predicted molar refractivity (Wildman–Crippen MR) is 63.5 cm³/mol. The van der Waals surface area contributed by atoms with Crippen LogP contribution in [0.1, 0.15) is 27.3 Å². The molecule has 1 amide bonds. The first-order valence-corrected chi connectivity index (χ1v) is 5.37. The van der Waals surface area contributed by atoms with Crippen LogP contribution in [0.2, 0.25) is 0 Å². The van der Waals surface area contributed by atoms with E-state index < -0.39 is 0 Å². The molecule has 0 aliphatic carbocycles. The van der Waals surface area contributed by atoms with Gasteiger partial charge in [-0.05, 0) is 31.5 Å². The summed E-state index contributed by atoms with van der Waals surface area (Å²) in [5, 5.41) is 10.7. The van der Waals surface area contributed by atoms with E-state index in [0.717, 1.165) is 11.3 Å². The Morgan fingerprint density at radius 2 is 2.24 bits per heavy atom. The van der Waals surface area contributed by atoms with Crippen LogP contribution in [-0.2, 0) is 6.54 Å². The SMILES string of the molecule is Cc1cc(C(=O)NCc2cc[nH]c2)c(C)nn1. The zero-order valence-electron chi connectivity index (χ0n) is 9.82. The van der Waals surface area contributed by atoms with Gasteiger partial charge in [-0.2, -0.15) is 10.2 Å². The predicted octanol–water partition coefficient (Wildman–Crippen LogP) is 1.35. The van der Waals surface area contributed by atoms with Crippen molar-refractivity contribution in [2.45, 2.75) is 20.4 Å². The number of hydrogen-bond donors (Lipinski definition) is 2. The smallest absolute Gasteiger partial charge is 0.253 e. The molecule has 88 valence electrons. The van der Waals surface area contributed by atoms with E-state index in [4.69, 9.17) is 0 Å². The van der Waals surface area contributed by atoms with Crippen LogP contribution in [0.15, 0.2) is 24.5 Å². The van der Waals surface area contributed by atoms with Crippen LogP contribution in [0, 0.1) is 13.8 Å². The molecule has 0 saturated carbocycles. The Kier molecular flexibility index (Phi) is 3.18. The van der Waals surface area contributed by atoms with E-state index in [1.54, 1.807) is 13.0 Å². The first-order chi connectivity index (χ1) is 8.16. The Bertz CT molecular complexity index is 519. The molecule has 0 saturated heterocycles. The van der Waals surface area contributed by atoms with Gasteiger partial charge in [0.2, 0.25) is 0 Å². The van der Waals surface area contributed by atoms with Crippen LogP contribution in [0.4, 0.5) is 0 Å². The fourth-order valence-corrected chi connectivity index (χ4v) is 1.53. The van der Waals surface area contributed by atoms with Crippen LogP contribution in [-0.4, -0.2) is 21.1 Å². The van der Waals surface area contributed by atoms with Gasteiger partial charge in [0, 0.05) is 18.9 Å². The molecule has 2 heterocycles. The van der Waals surface area contributed by atoms with Crippen molar-refractivity contribution in [2.75, 3.05) is 0 Å².